The first-order valence-corrected chi connectivity index (χ1v) is 12.3. The third-order valence-electron chi connectivity index (χ3n) is 6.28. The zero-order valence-electron chi connectivity index (χ0n) is 16.9. The van der Waals surface area contributed by atoms with E-state index in [0.29, 0.717) is 10.6 Å². The van der Waals surface area contributed by atoms with Crippen molar-refractivity contribution < 1.29 is 9.53 Å². The number of ether oxygens (including phenoxy) is 1. The zero-order valence-corrected chi connectivity index (χ0v) is 18.6. The average molecular weight is 417 g/mol. The molecule has 4 rings (SSSR count). The predicted octanol–water partition coefficient (Wildman–Crippen LogP) is 4.73. The van der Waals surface area contributed by atoms with Crippen molar-refractivity contribution in [2.24, 2.45) is 5.92 Å². The molecule has 0 amide bonds. The van der Waals surface area contributed by atoms with Gasteiger partial charge in [0.1, 0.15) is 6.04 Å². The number of nitrogens with zero attached hydrogens (tertiary/aromatic N) is 2. The van der Waals surface area contributed by atoms with Gasteiger partial charge in [-0.1, -0.05) is 29.8 Å². The molecule has 0 aliphatic carbocycles. The summed E-state index contributed by atoms with van der Waals surface area (Å²) in [5.74, 6) is 0.0639. The van der Waals surface area contributed by atoms with Gasteiger partial charge in [0.2, 0.25) is 0 Å². The lowest BCUT2D eigenvalue weighted by Gasteiger charge is -2.48. The van der Waals surface area contributed by atoms with Crippen LogP contribution < -0.4 is 0 Å². The number of esters is 1. The number of fused-ring (bicyclic) bond motifs is 6. The van der Waals surface area contributed by atoms with Gasteiger partial charge in [-0.15, -0.1) is 23.5 Å². The van der Waals surface area contributed by atoms with Crippen molar-refractivity contribution in [3.8, 4) is 0 Å². The van der Waals surface area contributed by atoms with Crippen LogP contribution in [0.3, 0.4) is 0 Å². The van der Waals surface area contributed by atoms with Crippen LogP contribution in [0.2, 0.25) is 0 Å². The number of allylic oxidation sites excluding steroid dienone is 1. The van der Waals surface area contributed by atoms with E-state index in [9.17, 15) is 4.79 Å². The Morgan fingerprint density at radius 3 is 2.75 bits per heavy atom. The Balaban J connectivity index is 1.87. The number of piperidine rings is 1. The first kappa shape index (κ1) is 19.9. The summed E-state index contributed by atoms with van der Waals surface area (Å²) in [6.07, 6.45) is 7.57. The Labute approximate surface area is 175 Å². The van der Waals surface area contributed by atoms with Crippen molar-refractivity contribution in [2.45, 2.75) is 30.0 Å². The van der Waals surface area contributed by atoms with Crippen molar-refractivity contribution in [3.05, 3.63) is 47.7 Å². The van der Waals surface area contributed by atoms with E-state index in [0.717, 1.165) is 25.0 Å². The van der Waals surface area contributed by atoms with Gasteiger partial charge >= 0.3 is 5.97 Å². The molecule has 1 aromatic carbocycles. The molecule has 1 fully saturated rings. The number of benzene rings is 1. The van der Waals surface area contributed by atoms with E-state index in [1.165, 1.54) is 23.8 Å². The van der Waals surface area contributed by atoms with Crippen LogP contribution in [0.4, 0.5) is 0 Å². The number of rotatable bonds is 5. The predicted molar refractivity (Wildman–Crippen MR) is 120 cm³/mol. The normalized spacial score (nSPS) is 26.0. The molecule has 2 aromatic rings. The lowest BCUT2D eigenvalue weighted by atomic mass is 9.77. The minimum absolute atomic E-state index is 0.134. The number of para-hydroxylation sites is 1. The van der Waals surface area contributed by atoms with Crippen LogP contribution in [0.5, 0.6) is 0 Å². The molecule has 4 nitrogen and oxygen atoms in total. The second kappa shape index (κ2) is 8.17. The monoisotopic (exact) mass is 416 g/mol. The lowest BCUT2D eigenvalue weighted by Crippen LogP contribution is -2.49. The zero-order chi connectivity index (χ0) is 19.8. The molecular formula is C22H28N2O2S2. The van der Waals surface area contributed by atoms with Crippen molar-refractivity contribution in [3.63, 3.8) is 0 Å². The SMILES string of the molecule is C/C=C1/CN(CC(SC)SC)[C@H]2C[C@@H]1[C@@H](C(=O)OC)n1c2cc2ccccc21. The van der Waals surface area contributed by atoms with Gasteiger partial charge in [0.05, 0.1) is 17.7 Å². The first-order valence-electron chi connectivity index (χ1n) is 9.75. The van der Waals surface area contributed by atoms with Gasteiger partial charge in [0.15, 0.2) is 0 Å². The number of likely N-dealkylation sites (tertiary alicyclic amines) is 1. The van der Waals surface area contributed by atoms with Gasteiger partial charge in [-0.25, -0.2) is 4.79 Å². The summed E-state index contributed by atoms with van der Waals surface area (Å²) in [5, 5.41) is 1.20. The van der Waals surface area contributed by atoms with Crippen molar-refractivity contribution >= 4 is 40.4 Å². The Morgan fingerprint density at radius 1 is 1.32 bits per heavy atom. The number of aromatic nitrogens is 1. The molecule has 3 atom stereocenters. The van der Waals surface area contributed by atoms with E-state index in [1.807, 2.05) is 23.5 Å². The molecule has 0 radical (unpaired) electrons. The topological polar surface area (TPSA) is 34.5 Å². The fourth-order valence-electron chi connectivity index (χ4n) is 4.91. The van der Waals surface area contributed by atoms with E-state index in [2.05, 4.69) is 65.3 Å². The number of methoxy groups -OCH3 is 1. The van der Waals surface area contributed by atoms with Gasteiger partial charge < -0.3 is 9.30 Å². The maximum absolute atomic E-state index is 12.9. The van der Waals surface area contributed by atoms with Gasteiger partial charge in [-0.3, -0.25) is 4.90 Å². The van der Waals surface area contributed by atoms with E-state index in [4.69, 9.17) is 4.74 Å². The Bertz CT molecular complexity index is 903. The number of thioether (sulfide) groups is 2. The number of hydrogen-bond donors (Lipinski definition) is 0. The molecule has 1 saturated heterocycles. The Kier molecular flexibility index (Phi) is 5.81. The highest BCUT2D eigenvalue weighted by atomic mass is 32.2. The van der Waals surface area contributed by atoms with Crippen molar-refractivity contribution in [2.75, 3.05) is 32.7 Å². The van der Waals surface area contributed by atoms with Gasteiger partial charge in [0.25, 0.3) is 0 Å². The largest absolute Gasteiger partial charge is 0.467 e. The summed E-state index contributed by atoms with van der Waals surface area (Å²) in [6, 6.07) is 10.7. The molecule has 2 bridgehead atoms. The average Bonchev–Trinajstić information content (AvgIpc) is 3.12. The lowest BCUT2D eigenvalue weighted by molar-refractivity contribution is -0.147. The van der Waals surface area contributed by atoms with Crippen LogP contribution >= 0.6 is 23.5 Å². The maximum Gasteiger partial charge on any atom is 0.329 e. The highest BCUT2D eigenvalue weighted by Gasteiger charge is 2.47. The summed E-state index contributed by atoms with van der Waals surface area (Å²) >= 11 is 3.84. The number of carbonyl (C=O) groups is 1. The van der Waals surface area contributed by atoms with Crippen molar-refractivity contribution in [1.29, 1.82) is 0 Å². The van der Waals surface area contributed by atoms with Crippen molar-refractivity contribution in [1.82, 2.24) is 9.47 Å². The summed E-state index contributed by atoms with van der Waals surface area (Å²) < 4.78 is 8.08. The molecule has 0 N–H and O–H groups in total. The molecule has 6 heteroatoms. The highest BCUT2D eigenvalue weighted by molar-refractivity contribution is 8.16. The van der Waals surface area contributed by atoms with Crippen LogP contribution in [-0.2, 0) is 9.53 Å². The summed E-state index contributed by atoms with van der Waals surface area (Å²) in [7, 11) is 1.51. The van der Waals surface area contributed by atoms with E-state index in [-0.39, 0.29) is 17.9 Å². The molecule has 3 heterocycles. The van der Waals surface area contributed by atoms with Crippen LogP contribution in [0, 0.1) is 5.92 Å². The second-order valence-electron chi connectivity index (χ2n) is 7.52. The minimum atomic E-state index is -0.276. The molecule has 0 saturated carbocycles. The molecular weight excluding hydrogens is 388 g/mol. The fourth-order valence-corrected chi connectivity index (χ4v) is 6.36. The van der Waals surface area contributed by atoms with E-state index < -0.39 is 0 Å². The van der Waals surface area contributed by atoms with Crippen LogP contribution in [-0.4, -0.2) is 52.7 Å². The van der Waals surface area contributed by atoms with Gasteiger partial charge in [0, 0.05) is 30.2 Å². The smallest absolute Gasteiger partial charge is 0.329 e. The standard InChI is InChI=1S/C22H28N2O2S2/c1-5-14-12-23(13-20(27-3)28-4)18-11-16(14)21(22(25)26-2)24-17-9-7-6-8-15(17)10-19(18)24/h5-10,16,18,20-21H,11-13H2,1-4H3/b14-5-/t16-,18-,21-/m0/s1. The Hall–Kier alpha value is -1.37. The van der Waals surface area contributed by atoms with Crippen LogP contribution in [0.25, 0.3) is 10.9 Å². The second-order valence-corrected chi connectivity index (χ2v) is 9.90. The first-order chi connectivity index (χ1) is 13.6. The maximum atomic E-state index is 12.9. The molecule has 0 unspecified atom stereocenters. The summed E-state index contributed by atoms with van der Waals surface area (Å²) in [5.41, 5.74) is 3.74. The molecule has 2 aliphatic heterocycles. The third-order valence-corrected chi connectivity index (χ3v) is 8.79. The number of carbonyl (C=O) groups excluding carboxylic acids is 1. The number of hydrogen-bond acceptors (Lipinski definition) is 5. The van der Waals surface area contributed by atoms with Crippen LogP contribution in [0.1, 0.15) is 31.1 Å². The highest BCUT2D eigenvalue weighted by Crippen LogP contribution is 2.50. The third kappa shape index (κ3) is 3.19. The molecule has 1 aromatic heterocycles. The Morgan fingerprint density at radius 2 is 2.07 bits per heavy atom. The summed E-state index contributed by atoms with van der Waals surface area (Å²) in [6.45, 7) is 4.08. The minimum Gasteiger partial charge on any atom is -0.467 e. The quantitative estimate of drug-likeness (QED) is 0.400. The van der Waals surface area contributed by atoms with Crippen LogP contribution in [0.15, 0.2) is 42.0 Å². The molecule has 150 valence electrons. The van der Waals surface area contributed by atoms with Gasteiger partial charge in [-0.05, 0) is 43.4 Å². The summed E-state index contributed by atoms with van der Waals surface area (Å²) in [4.78, 5) is 15.5. The van der Waals surface area contributed by atoms with Gasteiger partial charge in [-0.2, -0.15) is 0 Å². The molecule has 28 heavy (non-hydrogen) atoms. The van der Waals surface area contributed by atoms with E-state index >= 15 is 0 Å². The molecule has 0 spiro atoms. The molecule has 2 aliphatic rings. The van der Waals surface area contributed by atoms with E-state index in [1.54, 1.807) is 0 Å². The fraction of sp³-hybridized carbons (Fsp3) is 0.500.